The van der Waals surface area contributed by atoms with Gasteiger partial charge in [-0.3, -0.25) is 5.43 Å². The Hall–Kier alpha value is -2.16. The van der Waals surface area contributed by atoms with Crippen LogP contribution < -0.4 is 5.43 Å². The normalized spacial score (nSPS) is 15.6. The number of hydrogen-bond donors (Lipinski definition) is 1. The first-order valence-corrected chi connectivity index (χ1v) is 9.95. The van der Waals surface area contributed by atoms with E-state index in [9.17, 15) is 26.0 Å². The van der Waals surface area contributed by atoms with E-state index in [1.54, 1.807) is 12.2 Å². The number of halogens is 4. The van der Waals surface area contributed by atoms with E-state index in [-0.39, 0.29) is 23.4 Å². The Morgan fingerprint density at radius 1 is 1.26 bits per heavy atom. The van der Waals surface area contributed by atoms with Crippen molar-refractivity contribution in [2.24, 2.45) is 5.10 Å². The Morgan fingerprint density at radius 2 is 1.85 bits per heavy atom. The smallest absolute Gasteiger partial charge is 0.298 e. The van der Waals surface area contributed by atoms with Gasteiger partial charge in [0.2, 0.25) is 0 Å². The Bertz CT molecular complexity index is 785. The van der Waals surface area contributed by atoms with Crippen LogP contribution in [-0.2, 0) is 9.84 Å². The highest BCUT2D eigenvalue weighted by molar-refractivity contribution is 7.90. The van der Waals surface area contributed by atoms with Gasteiger partial charge in [0.1, 0.15) is 12.2 Å². The Kier molecular flexibility index (Phi) is 8.20. The number of hydrazone groups is 1. The maximum Gasteiger partial charge on any atom is 0.409 e. The molecule has 0 amide bonds. The van der Waals surface area contributed by atoms with Gasteiger partial charge in [-0.15, -0.1) is 6.58 Å². The standard InChI is InChI=1S/C18H22F4N2O2S/c1-4-15(19)7-5-6-8-17(24-23-13(2)18(20,21)22)14-9-11-16(12-10-14)27(3,25)26/h4-6,9-13,15,23H,1,7-8H2,2-3H3/b6-5+,24-17+. The lowest BCUT2D eigenvalue weighted by molar-refractivity contribution is -0.151. The van der Waals surface area contributed by atoms with Crippen LogP contribution in [0.4, 0.5) is 17.6 Å². The minimum atomic E-state index is -4.46. The molecule has 4 nitrogen and oxygen atoms in total. The van der Waals surface area contributed by atoms with Crippen LogP contribution in [0.3, 0.4) is 0 Å². The minimum Gasteiger partial charge on any atom is -0.298 e. The van der Waals surface area contributed by atoms with Crippen molar-refractivity contribution < 1.29 is 26.0 Å². The van der Waals surface area contributed by atoms with Crippen LogP contribution in [0.1, 0.15) is 25.3 Å². The summed E-state index contributed by atoms with van der Waals surface area (Å²) in [4.78, 5) is 0.0871. The number of sulfone groups is 1. The number of alkyl halides is 4. The lowest BCUT2D eigenvalue weighted by Gasteiger charge is -2.16. The molecule has 0 saturated carbocycles. The van der Waals surface area contributed by atoms with Crippen molar-refractivity contribution in [3.8, 4) is 0 Å². The van der Waals surface area contributed by atoms with E-state index in [2.05, 4.69) is 11.7 Å². The van der Waals surface area contributed by atoms with Crippen molar-refractivity contribution in [1.29, 1.82) is 0 Å². The SMILES string of the molecule is C=CC(F)C/C=C/C/C(=N\NC(C)C(F)(F)F)c1ccc(S(C)(=O)=O)cc1. The molecule has 0 bridgehead atoms. The number of nitrogens with one attached hydrogen (secondary N) is 1. The molecule has 0 aliphatic carbocycles. The quantitative estimate of drug-likeness (QED) is 0.289. The number of allylic oxidation sites excluding steroid dienone is 3. The predicted octanol–water partition coefficient (Wildman–Crippen LogP) is 4.20. The zero-order valence-electron chi connectivity index (χ0n) is 15.0. The lowest BCUT2D eigenvalue weighted by Crippen LogP contribution is -2.37. The zero-order chi connectivity index (χ0) is 20.7. The Labute approximate surface area is 156 Å². The second-order valence-corrected chi connectivity index (χ2v) is 7.93. The largest absolute Gasteiger partial charge is 0.409 e. The van der Waals surface area contributed by atoms with E-state index in [0.29, 0.717) is 5.56 Å². The Balaban J connectivity index is 3.04. The van der Waals surface area contributed by atoms with Gasteiger partial charge in [-0.25, -0.2) is 12.8 Å². The van der Waals surface area contributed by atoms with Gasteiger partial charge in [-0.1, -0.05) is 30.4 Å². The maximum absolute atomic E-state index is 13.1. The summed E-state index contributed by atoms with van der Waals surface area (Å²) in [7, 11) is -3.39. The summed E-state index contributed by atoms with van der Waals surface area (Å²) in [6, 6.07) is 3.77. The van der Waals surface area contributed by atoms with E-state index in [4.69, 9.17) is 0 Å². The third-order valence-electron chi connectivity index (χ3n) is 3.59. The number of hydrogen-bond acceptors (Lipinski definition) is 4. The molecule has 0 aliphatic heterocycles. The summed E-state index contributed by atoms with van der Waals surface area (Å²) in [5, 5.41) is 3.82. The summed E-state index contributed by atoms with van der Waals surface area (Å²) in [6.45, 7) is 4.26. The van der Waals surface area contributed by atoms with Crippen LogP contribution >= 0.6 is 0 Å². The van der Waals surface area contributed by atoms with E-state index >= 15 is 0 Å². The van der Waals surface area contributed by atoms with Gasteiger partial charge < -0.3 is 0 Å². The van der Waals surface area contributed by atoms with Gasteiger partial charge in [0.25, 0.3) is 0 Å². The van der Waals surface area contributed by atoms with Gasteiger partial charge in [-0.05, 0) is 24.6 Å². The number of benzene rings is 1. The molecule has 0 heterocycles. The first-order valence-electron chi connectivity index (χ1n) is 8.06. The van der Waals surface area contributed by atoms with Crippen molar-refractivity contribution in [3.05, 3.63) is 54.6 Å². The van der Waals surface area contributed by atoms with Gasteiger partial charge in [-0.2, -0.15) is 18.3 Å². The number of nitrogens with zero attached hydrogens (tertiary/aromatic N) is 1. The van der Waals surface area contributed by atoms with Crippen LogP contribution in [0.2, 0.25) is 0 Å². The molecule has 0 spiro atoms. The highest BCUT2D eigenvalue weighted by atomic mass is 32.2. The fraction of sp³-hybridized carbons (Fsp3) is 0.389. The molecule has 150 valence electrons. The predicted molar refractivity (Wildman–Crippen MR) is 98.2 cm³/mol. The fourth-order valence-electron chi connectivity index (χ4n) is 1.89. The summed E-state index contributed by atoms with van der Waals surface area (Å²) in [6.07, 6.45) is -0.112. The second-order valence-electron chi connectivity index (χ2n) is 5.91. The van der Waals surface area contributed by atoms with E-state index < -0.39 is 28.2 Å². The van der Waals surface area contributed by atoms with Crippen molar-refractivity contribution >= 4 is 15.5 Å². The molecule has 0 fully saturated rings. The molecule has 0 aliphatic rings. The summed E-state index contributed by atoms with van der Waals surface area (Å²) in [5.74, 6) is 0. The van der Waals surface area contributed by atoms with Gasteiger partial charge in [0.05, 0.1) is 10.6 Å². The van der Waals surface area contributed by atoms with Crippen molar-refractivity contribution in [3.63, 3.8) is 0 Å². The molecule has 0 radical (unpaired) electrons. The second kappa shape index (κ2) is 9.68. The molecule has 1 aromatic rings. The molecule has 27 heavy (non-hydrogen) atoms. The highest BCUT2D eigenvalue weighted by Gasteiger charge is 2.35. The maximum atomic E-state index is 13.1. The molecule has 1 aromatic carbocycles. The average Bonchev–Trinajstić information content (AvgIpc) is 2.59. The minimum absolute atomic E-state index is 0.0871. The van der Waals surface area contributed by atoms with Crippen LogP contribution in [-0.4, -0.2) is 38.8 Å². The van der Waals surface area contributed by atoms with Crippen LogP contribution in [0.25, 0.3) is 0 Å². The fourth-order valence-corrected chi connectivity index (χ4v) is 2.52. The molecular formula is C18H22F4N2O2S. The van der Waals surface area contributed by atoms with Gasteiger partial charge in [0.15, 0.2) is 9.84 Å². The zero-order valence-corrected chi connectivity index (χ0v) is 15.8. The molecule has 1 N–H and O–H groups in total. The third-order valence-corrected chi connectivity index (χ3v) is 4.72. The molecule has 0 saturated heterocycles. The van der Waals surface area contributed by atoms with E-state index in [0.717, 1.165) is 19.3 Å². The summed E-state index contributed by atoms with van der Waals surface area (Å²) in [5.41, 5.74) is 2.76. The summed E-state index contributed by atoms with van der Waals surface area (Å²) < 4.78 is 74.1. The first kappa shape index (κ1) is 22.9. The summed E-state index contributed by atoms with van der Waals surface area (Å²) >= 11 is 0. The van der Waals surface area contributed by atoms with Gasteiger partial charge in [0, 0.05) is 19.1 Å². The van der Waals surface area contributed by atoms with Crippen molar-refractivity contribution in [2.45, 2.75) is 43.1 Å². The first-order chi connectivity index (χ1) is 12.4. The van der Waals surface area contributed by atoms with Crippen LogP contribution in [0.5, 0.6) is 0 Å². The third kappa shape index (κ3) is 7.94. The topological polar surface area (TPSA) is 58.5 Å². The van der Waals surface area contributed by atoms with Crippen LogP contribution in [0, 0.1) is 0 Å². The van der Waals surface area contributed by atoms with Crippen LogP contribution in [0.15, 0.2) is 59.1 Å². The molecular weight excluding hydrogens is 384 g/mol. The lowest BCUT2D eigenvalue weighted by atomic mass is 10.1. The van der Waals surface area contributed by atoms with E-state index in [1.165, 1.54) is 24.3 Å². The number of rotatable bonds is 9. The van der Waals surface area contributed by atoms with Crippen molar-refractivity contribution in [1.82, 2.24) is 5.43 Å². The molecule has 2 atom stereocenters. The average molecular weight is 406 g/mol. The highest BCUT2D eigenvalue weighted by Crippen LogP contribution is 2.20. The Morgan fingerprint density at radius 3 is 2.33 bits per heavy atom. The molecule has 2 unspecified atom stereocenters. The van der Waals surface area contributed by atoms with Crippen molar-refractivity contribution in [2.75, 3.05) is 6.26 Å². The molecule has 0 aromatic heterocycles. The molecule has 9 heteroatoms. The van der Waals surface area contributed by atoms with E-state index in [1.807, 2.05) is 5.43 Å². The van der Waals surface area contributed by atoms with Gasteiger partial charge >= 0.3 is 6.18 Å². The molecule has 1 rings (SSSR count). The monoisotopic (exact) mass is 406 g/mol.